The number of carbonyl (C=O) groups is 2. The molecule has 0 atom stereocenters. The van der Waals surface area contributed by atoms with Gasteiger partial charge >= 0.3 is 12.0 Å². The van der Waals surface area contributed by atoms with E-state index in [1.807, 2.05) is 12.1 Å². The van der Waals surface area contributed by atoms with Gasteiger partial charge in [0.2, 0.25) is 0 Å². The molecule has 0 unspecified atom stereocenters. The highest BCUT2D eigenvalue weighted by molar-refractivity contribution is 5.91. The molecule has 0 spiro atoms. The molecule has 20 heavy (non-hydrogen) atoms. The fourth-order valence-corrected chi connectivity index (χ4v) is 1.55. The number of pyridine rings is 1. The molecule has 2 rings (SSSR count). The average molecular weight is 271 g/mol. The fraction of sp³-hybridized carbons (Fsp3) is 0.0714. The van der Waals surface area contributed by atoms with E-state index in [2.05, 4.69) is 15.6 Å². The summed E-state index contributed by atoms with van der Waals surface area (Å²) < 4.78 is 0. The minimum atomic E-state index is -1.00. The first kappa shape index (κ1) is 13.5. The smallest absolute Gasteiger partial charge is 0.335 e. The van der Waals surface area contributed by atoms with E-state index in [0.717, 1.165) is 5.56 Å². The Labute approximate surface area is 115 Å². The van der Waals surface area contributed by atoms with Crippen LogP contribution in [0, 0.1) is 0 Å². The molecular weight excluding hydrogens is 258 g/mol. The largest absolute Gasteiger partial charge is 0.478 e. The van der Waals surface area contributed by atoms with Crippen molar-refractivity contribution in [3.05, 3.63) is 59.9 Å². The van der Waals surface area contributed by atoms with E-state index in [1.165, 1.54) is 24.3 Å². The summed E-state index contributed by atoms with van der Waals surface area (Å²) in [4.78, 5) is 26.2. The van der Waals surface area contributed by atoms with Gasteiger partial charge in [-0.05, 0) is 42.0 Å². The van der Waals surface area contributed by atoms with Crippen LogP contribution in [0.5, 0.6) is 0 Å². The Balaban J connectivity index is 1.86. The number of aromatic nitrogens is 1. The lowest BCUT2D eigenvalue weighted by atomic mass is 10.2. The van der Waals surface area contributed by atoms with Crippen molar-refractivity contribution in [2.45, 2.75) is 6.54 Å². The van der Waals surface area contributed by atoms with Crippen molar-refractivity contribution in [2.75, 3.05) is 5.32 Å². The number of urea groups is 1. The lowest BCUT2D eigenvalue weighted by Crippen LogP contribution is -2.28. The highest BCUT2D eigenvalue weighted by atomic mass is 16.4. The molecule has 0 saturated carbocycles. The Kier molecular flexibility index (Phi) is 4.28. The molecule has 6 heteroatoms. The van der Waals surface area contributed by atoms with Crippen LogP contribution in [-0.2, 0) is 6.54 Å². The van der Waals surface area contributed by atoms with Gasteiger partial charge in [-0.3, -0.25) is 4.98 Å². The van der Waals surface area contributed by atoms with E-state index in [0.29, 0.717) is 12.2 Å². The van der Waals surface area contributed by atoms with Gasteiger partial charge in [-0.15, -0.1) is 0 Å². The Morgan fingerprint density at radius 2 is 1.70 bits per heavy atom. The van der Waals surface area contributed by atoms with Crippen molar-refractivity contribution in [2.24, 2.45) is 0 Å². The van der Waals surface area contributed by atoms with Crippen LogP contribution in [0.25, 0.3) is 0 Å². The first-order valence-electron chi connectivity index (χ1n) is 5.92. The van der Waals surface area contributed by atoms with Crippen LogP contribution >= 0.6 is 0 Å². The Bertz CT molecular complexity index is 597. The molecule has 0 bridgehead atoms. The van der Waals surface area contributed by atoms with Crippen LogP contribution in [0.15, 0.2) is 48.8 Å². The minimum Gasteiger partial charge on any atom is -0.478 e. The second-order valence-electron chi connectivity index (χ2n) is 4.05. The molecule has 0 fully saturated rings. The average Bonchev–Trinajstić information content (AvgIpc) is 2.47. The first-order valence-corrected chi connectivity index (χ1v) is 5.92. The van der Waals surface area contributed by atoms with Crippen LogP contribution in [0.4, 0.5) is 10.5 Å². The van der Waals surface area contributed by atoms with E-state index in [-0.39, 0.29) is 11.6 Å². The summed E-state index contributed by atoms with van der Waals surface area (Å²) in [5, 5.41) is 14.1. The van der Waals surface area contributed by atoms with Crippen LogP contribution in [0.3, 0.4) is 0 Å². The summed E-state index contributed by atoms with van der Waals surface area (Å²) in [7, 11) is 0. The Morgan fingerprint density at radius 1 is 1.05 bits per heavy atom. The predicted molar refractivity (Wildman–Crippen MR) is 73.5 cm³/mol. The van der Waals surface area contributed by atoms with Gasteiger partial charge in [0.25, 0.3) is 0 Å². The molecular formula is C14H13N3O3. The minimum absolute atomic E-state index is 0.174. The van der Waals surface area contributed by atoms with Gasteiger partial charge in [-0.25, -0.2) is 9.59 Å². The number of carbonyl (C=O) groups excluding carboxylic acids is 1. The molecule has 0 aliphatic heterocycles. The van der Waals surface area contributed by atoms with E-state index in [4.69, 9.17) is 5.11 Å². The third-order valence-electron chi connectivity index (χ3n) is 2.59. The third-order valence-corrected chi connectivity index (χ3v) is 2.59. The molecule has 1 aromatic carbocycles. The van der Waals surface area contributed by atoms with Gasteiger partial charge in [-0.1, -0.05) is 0 Å². The van der Waals surface area contributed by atoms with E-state index in [1.54, 1.807) is 12.4 Å². The topological polar surface area (TPSA) is 91.3 Å². The molecule has 6 nitrogen and oxygen atoms in total. The molecule has 1 heterocycles. The van der Waals surface area contributed by atoms with Crippen molar-refractivity contribution in [1.29, 1.82) is 0 Å². The summed E-state index contributed by atoms with van der Waals surface area (Å²) in [5.41, 5.74) is 1.64. The summed E-state index contributed by atoms with van der Waals surface area (Å²) in [6, 6.07) is 9.20. The Hall–Kier alpha value is -2.89. The van der Waals surface area contributed by atoms with Crippen molar-refractivity contribution in [3.8, 4) is 0 Å². The molecule has 102 valence electrons. The van der Waals surface area contributed by atoms with Crippen LogP contribution in [-0.4, -0.2) is 22.1 Å². The summed E-state index contributed by atoms with van der Waals surface area (Å²) in [6.07, 6.45) is 3.30. The van der Waals surface area contributed by atoms with E-state index >= 15 is 0 Å². The molecule has 1 aromatic heterocycles. The van der Waals surface area contributed by atoms with Gasteiger partial charge < -0.3 is 15.7 Å². The number of benzene rings is 1. The zero-order valence-electron chi connectivity index (χ0n) is 10.5. The second-order valence-corrected chi connectivity index (χ2v) is 4.05. The summed E-state index contributed by atoms with van der Waals surface area (Å²) >= 11 is 0. The number of carboxylic acids is 1. The second kappa shape index (κ2) is 6.33. The molecule has 2 amide bonds. The number of hydrogen-bond donors (Lipinski definition) is 3. The molecule has 3 N–H and O–H groups in total. The quantitative estimate of drug-likeness (QED) is 0.794. The van der Waals surface area contributed by atoms with Gasteiger partial charge in [-0.2, -0.15) is 0 Å². The number of nitrogens with one attached hydrogen (secondary N) is 2. The van der Waals surface area contributed by atoms with E-state index < -0.39 is 5.97 Å². The van der Waals surface area contributed by atoms with Crippen LogP contribution in [0.1, 0.15) is 15.9 Å². The monoisotopic (exact) mass is 271 g/mol. The van der Waals surface area contributed by atoms with Crippen LogP contribution in [0.2, 0.25) is 0 Å². The molecule has 0 aliphatic rings. The maximum absolute atomic E-state index is 11.7. The van der Waals surface area contributed by atoms with Gasteiger partial charge in [0, 0.05) is 24.6 Å². The number of nitrogens with zero attached hydrogens (tertiary/aromatic N) is 1. The van der Waals surface area contributed by atoms with Crippen molar-refractivity contribution in [3.63, 3.8) is 0 Å². The zero-order chi connectivity index (χ0) is 14.4. The van der Waals surface area contributed by atoms with Crippen molar-refractivity contribution in [1.82, 2.24) is 10.3 Å². The maximum atomic E-state index is 11.7. The number of amides is 2. The van der Waals surface area contributed by atoms with Gasteiger partial charge in [0.1, 0.15) is 0 Å². The normalized spacial score (nSPS) is 9.80. The number of carboxylic acid groups (broad SMARTS) is 1. The predicted octanol–water partition coefficient (Wildman–Crippen LogP) is 2.10. The number of rotatable bonds is 4. The summed E-state index contributed by atoms with van der Waals surface area (Å²) in [6.45, 7) is 0.390. The lowest BCUT2D eigenvalue weighted by Gasteiger charge is -2.07. The highest BCUT2D eigenvalue weighted by Gasteiger charge is 2.04. The SMILES string of the molecule is O=C(NCc1ccncc1)Nc1ccc(C(=O)O)cc1. The standard InChI is InChI=1S/C14H13N3O3/c18-13(19)11-1-3-12(4-2-11)17-14(20)16-9-10-5-7-15-8-6-10/h1-8H,9H2,(H,18,19)(H2,16,17,20). The molecule has 0 radical (unpaired) electrons. The molecule has 0 saturated heterocycles. The maximum Gasteiger partial charge on any atom is 0.335 e. The summed E-state index contributed by atoms with van der Waals surface area (Å²) in [5.74, 6) is -1.00. The lowest BCUT2D eigenvalue weighted by molar-refractivity contribution is 0.0697. The highest BCUT2D eigenvalue weighted by Crippen LogP contribution is 2.09. The molecule has 0 aliphatic carbocycles. The van der Waals surface area contributed by atoms with E-state index in [9.17, 15) is 9.59 Å². The fourth-order valence-electron chi connectivity index (χ4n) is 1.55. The van der Waals surface area contributed by atoms with Crippen LogP contribution < -0.4 is 10.6 Å². The van der Waals surface area contributed by atoms with Crippen molar-refractivity contribution < 1.29 is 14.7 Å². The molecule has 2 aromatic rings. The van der Waals surface area contributed by atoms with Crippen molar-refractivity contribution >= 4 is 17.7 Å². The number of aromatic carboxylic acids is 1. The first-order chi connectivity index (χ1) is 9.65. The van der Waals surface area contributed by atoms with Gasteiger partial charge in [0.15, 0.2) is 0 Å². The van der Waals surface area contributed by atoms with Gasteiger partial charge in [0.05, 0.1) is 5.56 Å². The number of anilines is 1. The number of hydrogen-bond acceptors (Lipinski definition) is 3. The Morgan fingerprint density at radius 3 is 2.30 bits per heavy atom. The zero-order valence-corrected chi connectivity index (χ0v) is 10.5. The third kappa shape index (κ3) is 3.81.